The van der Waals surface area contributed by atoms with Crippen LogP contribution in [0.3, 0.4) is 0 Å². The second-order valence-corrected chi connectivity index (χ2v) is 5.77. The maximum Gasteiger partial charge on any atom is 0.177 e. The largest absolute Gasteiger partial charge is 0.377 e. The first-order valence-electron chi connectivity index (χ1n) is 7.02. The molecule has 1 aliphatic rings. The number of carbonyl (C=O) groups excluding carboxylic acids is 1. The maximum atomic E-state index is 11.0. The van der Waals surface area contributed by atoms with Crippen LogP contribution in [0.4, 0.5) is 0 Å². The summed E-state index contributed by atoms with van der Waals surface area (Å²) in [6.45, 7) is 3.38. The maximum absolute atomic E-state index is 11.0. The highest BCUT2D eigenvalue weighted by atomic mass is 79.9. The molecule has 3 heterocycles. The summed E-state index contributed by atoms with van der Waals surface area (Å²) >= 11 is 3.56. The van der Waals surface area contributed by atoms with Gasteiger partial charge in [-0.25, -0.2) is 9.50 Å². The van der Waals surface area contributed by atoms with E-state index in [0.29, 0.717) is 19.6 Å². The number of aldehydes is 1. The molecular formula is C15H16BrN3O2. The van der Waals surface area contributed by atoms with Crippen LogP contribution >= 0.6 is 15.9 Å². The highest BCUT2D eigenvalue weighted by molar-refractivity contribution is 9.10. The Labute approximate surface area is 131 Å². The van der Waals surface area contributed by atoms with Crippen molar-refractivity contribution in [2.45, 2.75) is 26.2 Å². The molecule has 21 heavy (non-hydrogen) atoms. The Bertz CT molecular complexity index is 721. The van der Waals surface area contributed by atoms with Crippen molar-refractivity contribution in [1.82, 2.24) is 14.6 Å². The van der Waals surface area contributed by atoms with E-state index in [9.17, 15) is 4.79 Å². The monoisotopic (exact) mass is 349 g/mol. The summed E-state index contributed by atoms with van der Waals surface area (Å²) in [5, 5.41) is 4.55. The van der Waals surface area contributed by atoms with Gasteiger partial charge >= 0.3 is 0 Å². The summed E-state index contributed by atoms with van der Waals surface area (Å²) < 4.78 is 8.04. The second kappa shape index (κ2) is 6.07. The number of ether oxygens (including phenoxy) is 1. The molecule has 0 saturated heterocycles. The van der Waals surface area contributed by atoms with Crippen LogP contribution in [-0.2, 0) is 22.4 Å². The van der Waals surface area contributed by atoms with Gasteiger partial charge in [0, 0.05) is 22.7 Å². The van der Waals surface area contributed by atoms with E-state index in [1.807, 2.05) is 12.3 Å². The topological polar surface area (TPSA) is 56.5 Å². The van der Waals surface area contributed by atoms with E-state index in [-0.39, 0.29) is 0 Å². The number of aromatic nitrogens is 3. The molecule has 0 atom stereocenters. The fourth-order valence-corrected chi connectivity index (χ4v) is 3.34. The molecule has 0 amide bonds. The molecule has 0 aromatic carbocycles. The number of nitrogens with zero attached hydrogens (tertiary/aromatic N) is 3. The molecule has 0 fully saturated rings. The molecule has 0 unspecified atom stereocenters. The van der Waals surface area contributed by atoms with Crippen molar-refractivity contribution in [2.24, 2.45) is 0 Å². The van der Waals surface area contributed by atoms with Gasteiger partial charge in [-0.15, -0.1) is 5.10 Å². The molecule has 3 rings (SSSR count). The van der Waals surface area contributed by atoms with Crippen molar-refractivity contribution in [1.29, 1.82) is 0 Å². The Kier molecular flexibility index (Phi) is 4.17. The molecule has 0 N–H and O–H groups in total. The SMILES string of the molecule is CCc1c(Br)cn2nc(C3=CCOCC3)nc2c1CC=O. The first-order valence-corrected chi connectivity index (χ1v) is 7.81. The molecule has 1 aliphatic heterocycles. The van der Waals surface area contributed by atoms with Gasteiger partial charge in [0.15, 0.2) is 11.5 Å². The van der Waals surface area contributed by atoms with Crippen molar-refractivity contribution in [2.75, 3.05) is 13.2 Å². The standard InChI is InChI=1S/C15H16BrN3O2/c1-2-11-12(3-6-20)15-17-14(10-4-7-21-8-5-10)18-19(15)9-13(11)16/h4,6,9H,2-3,5,7-8H2,1H3. The summed E-state index contributed by atoms with van der Waals surface area (Å²) in [7, 11) is 0. The van der Waals surface area contributed by atoms with Crippen molar-refractivity contribution in [3.05, 3.63) is 33.7 Å². The number of pyridine rings is 1. The van der Waals surface area contributed by atoms with Crippen molar-refractivity contribution >= 4 is 33.4 Å². The van der Waals surface area contributed by atoms with Crippen LogP contribution in [0.1, 0.15) is 30.3 Å². The summed E-state index contributed by atoms with van der Waals surface area (Å²) in [4.78, 5) is 15.7. The molecule has 2 aromatic heterocycles. The number of hydrogen-bond donors (Lipinski definition) is 0. The lowest BCUT2D eigenvalue weighted by Crippen LogP contribution is -2.04. The fraction of sp³-hybridized carbons (Fsp3) is 0.400. The number of fused-ring (bicyclic) bond motifs is 1. The van der Waals surface area contributed by atoms with E-state index in [1.54, 1.807) is 4.52 Å². The van der Waals surface area contributed by atoms with Crippen LogP contribution in [-0.4, -0.2) is 34.1 Å². The first-order chi connectivity index (χ1) is 10.2. The summed E-state index contributed by atoms with van der Waals surface area (Å²) in [5.74, 6) is 0.727. The van der Waals surface area contributed by atoms with Gasteiger partial charge in [0.2, 0.25) is 0 Å². The van der Waals surface area contributed by atoms with Crippen LogP contribution in [0, 0.1) is 0 Å². The predicted octanol–water partition coefficient (Wildman–Crippen LogP) is 2.60. The van der Waals surface area contributed by atoms with Gasteiger partial charge < -0.3 is 9.53 Å². The zero-order valence-electron chi connectivity index (χ0n) is 11.8. The van der Waals surface area contributed by atoms with Gasteiger partial charge in [0.1, 0.15) is 6.29 Å². The quantitative estimate of drug-likeness (QED) is 0.796. The molecule has 0 spiro atoms. The minimum atomic E-state index is 0.354. The van der Waals surface area contributed by atoms with E-state index in [0.717, 1.165) is 51.8 Å². The first kappa shape index (κ1) is 14.4. The van der Waals surface area contributed by atoms with Crippen LogP contribution in [0.25, 0.3) is 11.2 Å². The van der Waals surface area contributed by atoms with E-state index in [4.69, 9.17) is 4.74 Å². The fourth-order valence-electron chi connectivity index (χ4n) is 2.63. The van der Waals surface area contributed by atoms with E-state index < -0.39 is 0 Å². The summed E-state index contributed by atoms with van der Waals surface area (Å²) in [5.41, 5.74) is 3.95. The minimum Gasteiger partial charge on any atom is -0.377 e. The third-order valence-corrected chi connectivity index (χ3v) is 4.36. The number of hydrogen-bond acceptors (Lipinski definition) is 4. The lowest BCUT2D eigenvalue weighted by molar-refractivity contribution is -0.107. The molecule has 2 aromatic rings. The summed E-state index contributed by atoms with van der Waals surface area (Å²) in [6, 6.07) is 0. The number of carbonyl (C=O) groups is 1. The van der Waals surface area contributed by atoms with E-state index in [1.165, 1.54) is 0 Å². The average Bonchev–Trinajstić information content (AvgIpc) is 2.92. The molecule has 0 aliphatic carbocycles. The molecular weight excluding hydrogens is 334 g/mol. The smallest absolute Gasteiger partial charge is 0.177 e. The highest BCUT2D eigenvalue weighted by Crippen LogP contribution is 2.26. The van der Waals surface area contributed by atoms with Crippen molar-refractivity contribution in [3.8, 4) is 0 Å². The van der Waals surface area contributed by atoms with Crippen LogP contribution < -0.4 is 0 Å². The molecule has 0 radical (unpaired) electrons. The van der Waals surface area contributed by atoms with E-state index in [2.05, 4.69) is 32.9 Å². The highest BCUT2D eigenvalue weighted by Gasteiger charge is 2.17. The third kappa shape index (κ3) is 2.65. The zero-order chi connectivity index (χ0) is 14.8. The molecule has 0 saturated carbocycles. The number of rotatable bonds is 4. The van der Waals surface area contributed by atoms with Gasteiger partial charge in [0.25, 0.3) is 0 Å². The Balaban J connectivity index is 2.18. The van der Waals surface area contributed by atoms with Crippen LogP contribution in [0.15, 0.2) is 16.7 Å². The number of halogens is 1. The average molecular weight is 350 g/mol. The Morgan fingerprint density at radius 1 is 1.48 bits per heavy atom. The van der Waals surface area contributed by atoms with Crippen LogP contribution in [0.5, 0.6) is 0 Å². The predicted molar refractivity (Wildman–Crippen MR) is 83.2 cm³/mol. The van der Waals surface area contributed by atoms with Crippen molar-refractivity contribution in [3.63, 3.8) is 0 Å². The Morgan fingerprint density at radius 3 is 3.00 bits per heavy atom. The normalized spacial score (nSPS) is 15.2. The zero-order valence-corrected chi connectivity index (χ0v) is 13.4. The lowest BCUT2D eigenvalue weighted by Gasteiger charge is -2.09. The molecule has 5 nitrogen and oxygen atoms in total. The Morgan fingerprint density at radius 2 is 2.33 bits per heavy atom. The molecule has 6 heteroatoms. The van der Waals surface area contributed by atoms with Gasteiger partial charge in [-0.05, 0) is 39.9 Å². The second-order valence-electron chi connectivity index (χ2n) is 4.92. The molecule has 0 bridgehead atoms. The van der Waals surface area contributed by atoms with Gasteiger partial charge in [-0.2, -0.15) is 0 Å². The van der Waals surface area contributed by atoms with Gasteiger partial charge in [0.05, 0.1) is 13.2 Å². The van der Waals surface area contributed by atoms with Gasteiger partial charge in [-0.1, -0.05) is 13.0 Å². The minimum absolute atomic E-state index is 0.354. The van der Waals surface area contributed by atoms with Gasteiger partial charge in [-0.3, -0.25) is 0 Å². The van der Waals surface area contributed by atoms with Crippen LogP contribution in [0.2, 0.25) is 0 Å². The molecule has 110 valence electrons. The Hall–Kier alpha value is -1.53. The summed E-state index contributed by atoms with van der Waals surface area (Å²) in [6.07, 6.45) is 6.88. The van der Waals surface area contributed by atoms with E-state index >= 15 is 0 Å². The van der Waals surface area contributed by atoms with Crippen molar-refractivity contribution < 1.29 is 9.53 Å². The third-order valence-electron chi connectivity index (χ3n) is 3.68. The lowest BCUT2D eigenvalue weighted by atomic mass is 10.1.